The van der Waals surface area contributed by atoms with Crippen LogP contribution in [0.25, 0.3) is 0 Å². The van der Waals surface area contributed by atoms with Crippen LogP contribution in [0.3, 0.4) is 0 Å². The molecule has 2 aromatic rings. The van der Waals surface area contributed by atoms with Gasteiger partial charge in [0.2, 0.25) is 11.8 Å². The molecule has 0 saturated carbocycles. The van der Waals surface area contributed by atoms with Gasteiger partial charge in [-0.1, -0.05) is 18.2 Å². The highest BCUT2D eigenvalue weighted by Gasteiger charge is 2.32. The molecule has 2 heterocycles. The number of nitrogens with zero attached hydrogens (tertiary/aromatic N) is 2. The minimum Gasteiger partial charge on any atom is -0.339 e. The van der Waals surface area contributed by atoms with Crippen LogP contribution in [0, 0.1) is 0 Å². The molecule has 1 aliphatic heterocycles. The number of hydrogen-bond acceptors (Lipinski definition) is 4. The SMILES string of the molecule is CN(Cc1ccc(Br)s1)C(=O)CN1C(=O)Cc2ccccc2C1=O. The van der Waals surface area contributed by atoms with E-state index in [1.54, 1.807) is 42.6 Å². The Morgan fingerprint density at radius 2 is 2.00 bits per heavy atom. The Labute approximate surface area is 152 Å². The molecule has 0 spiro atoms. The lowest BCUT2D eigenvalue weighted by molar-refractivity contribution is -0.137. The third-order valence-electron chi connectivity index (χ3n) is 3.88. The molecular formula is C17H15BrN2O3S. The van der Waals surface area contributed by atoms with Crippen molar-refractivity contribution in [3.05, 3.63) is 56.2 Å². The van der Waals surface area contributed by atoms with E-state index in [2.05, 4.69) is 15.9 Å². The first-order valence-electron chi connectivity index (χ1n) is 7.36. The number of imide groups is 1. The largest absolute Gasteiger partial charge is 0.339 e. The summed E-state index contributed by atoms with van der Waals surface area (Å²) in [5.41, 5.74) is 1.21. The monoisotopic (exact) mass is 406 g/mol. The first-order valence-corrected chi connectivity index (χ1v) is 8.97. The number of benzene rings is 1. The van der Waals surface area contributed by atoms with Crippen molar-refractivity contribution in [3.63, 3.8) is 0 Å². The van der Waals surface area contributed by atoms with E-state index in [1.165, 1.54) is 4.90 Å². The zero-order chi connectivity index (χ0) is 17.3. The van der Waals surface area contributed by atoms with Crippen LogP contribution in [0.15, 0.2) is 40.2 Å². The third kappa shape index (κ3) is 3.42. The first kappa shape index (κ1) is 16.9. The first-order chi connectivity index (χ1) is 11.5. The van der Waals surface area contributed by atoms with Crippen molar-refractivity contribution < 1.29 is 14.4 Å². The molecule has 1 aromatic heterocycles. The molecule has 0 atom stereocenters. The Balaban J connectivity index is 1.70. The summed E-state index contributed by atoms with van der Waals surface area (Å²) < 4.78 is 0.997. The molecule has 0 unspecified atom stereocenters. The summed E-state index contributed by atoms with van der Waals surface area (Å²) in [7, 11) is 1.67. The predicted molar refractivity (Wildman–Crippen MR) is 94.7 cm³/mol. The van der Waals surface area contributed by atoms with Crippen LogP contribution >= 0.6 is 27.3 Å². The van der Waals surface area contributed by atoms with Gasteiger partial charge in [0.15, 0.2) is 0 Å². The van der Waals surface area contributed by atoms with Gasteiger partial charge in [0.05, 0.1) is 16.8 Å². The van der Waals surface area contributed by atoms with E-state index < -0.39 is 5.91 Å². The topological polar surface area (TPSA) is 57.7 Å². The maximum Gasteiger partial charge on any atom is 0.261 e. The van der Waals surface area contributed by atoms with Crippen LogP contribution in [0.1, 0.15) is 20.8 Å². The molecule has 124 valence electrons. The molecule has 0 N–H and O–H groups in total. The second-order valence-corrected chi connectivity index (χ2v) is 8.12. The quantitative estimate of drug-likeness (QED) is 0.733. The molecule has 0 saturated heterocycles. The minimum absolute atomic E-state index is 0.150. The van der Waals surface area contributed by atoms with Crippen LogP contribution in [0.2, 0.25) is 0 Å². The molecule has 0 fully saturated rings. The van der Waals surface area contributed by atoms with Gasteiger partial charge in [-0.15, -0.1) is 11.3 Å². The normalized spacial score (nSPS) is 13.8. The van der Waals surface area contributed by atoms with E-state index in [1.807, 2.05) is 12.1 Å². The lowest BCUT2D eigenvalue weighted by atomic mass is 9.98. The second kappa shape index (κ2) is 6.86. The Morgan fingerprint density at radius 3 is 2.71 bits per heavy atom. The summed E-state index contributed by atoms with van der Waals surface area (Å²) in [5.74, 6) is -0.998. The summed E-state index contributed by atoms with van der Waals surface area (Å²) >= 11 is 4.93. The molecule has 24 heavy (non-hydrogen) atoms. The van der Waals surface area contributed by atoms with Gasteiger partial charge in [-0.2, -0.15) is 0 Å². The maximum absolute atomic E-state index is 12.5. The molecule has 1 aliphatic rings. The van der Waals surface area contributed by atoms with E-state index >= 15 is 0 Å². The Bertz CT molecular complexity index is 818. The number of rotatable bonds is 4. The minimum atomic E-state index is -0.400. The molecule has 3 rings (SSSR count). The zero-order valence-corrected chi connectivity index (χ0v) is 15.4. The average Bonchev–Trinajstić information content (AvgIpc) is 2.96. The van der Waals surface area contributed by atoms with Gasteiger partial charge in [-0.05, 0) is 39.7 Å². The van der Waals surface area contributed by atoms with Crippen LogP contribution in [-0.4, -0.2) is 41.1 Å². The molecule has 0 radical (unpaired) electrons. The van der Waals surface area contributed by atoms with E-state index in [0.29, 0.717) is 17.7 Å². The van der Waals surface area contributed by atoms with Gasteiger partial charge in [0, 0.05) is 17.5 Å². The number of carbonyl (C=O) groups is 3. The van der Waals surface area contributed by atoms with Crippen molar-refractivity contribution in [2.24, 2.45) is 0 Å². The average molecular weight is 407 g/mol. The standard InChI is InChI=1S/C17H15BrN2O3S/c1-19(9-12-6-7-14(18)24-12)16(22)10-20-15(21)8-11-4-2-3-5-13(11)17(20)23/h2-7H,8-10H2,1H3. The number of carbonyl (C=O) groups excluding carboxylic acids is 3. The van der Waals surface area contributed by atoms with Gasteiger partial charge in [0.1, 0.15) is 6.54 Å². The summed E-state index contributed by atoms with van der Waals surface area (Å²) in [6.45, 7) is 0.219. The molecular weight excluding hydrogens is 392 g/mol. The molecule has 5 nitrogen and oxygen atoms in total. The number of halogens is 1. The zero-order valence-electron chi connectivity index (χ0n) is 13.0. The second-order valence-electron chi connectivity index (χ2n) is 5.57. The fourth-order valence-electron chi connectivity index (χ4n) is 2.57. The molecule has 0 bridgehead atoms. The van der Waals surface area contributed by atoms with Crippen LogP contribution in [-0.2, 0) is 22.6 Å². The van der Waals surface area contributed by atoms with Gasteiger partial charge < -0.3 is 4.90 Å². The fourth-order valence-corrected chi connectivity index (χ4v) is 4.11. The van der Waals surface area contributed by atoms with Crippen molar-refractivity contribution in [2.45, 2.75) is 13.0 Å². The van der Waals surface area contributed by atoms with Crippen molar-refractivity contribution in [1.29, 1.82) is 0 Å². The van der Waals surface area contributed by atoms with Gasteiger partial charge in [-0.25, -0.2) is 0 Å². The molecule has 7 heteroatoms. The van der Waals surface area contributed by atoms with Gasteiger partial charge >= 0.3 is 0 Å². The van der Waals surface area contributed by atoms with Gasteiger partial charge in [0.25, 0.3) is 5.91 Å². The van der Waals surface area contributed by atoms with E-state index in [-0.39, 0.29) is 24.8 Å². The number of hydrogen-bond donors (Lipinski definition) is 0. The fraction of sp³-hybridized carbons (Fsp3) is 0.235. The van der Waals surface area contributed by atoms with Crippen molar-refractivity contribution in [1.82, 2.24) is 9.80 Å². The van der Waals surface area contributed by atoms with E-state index in [0.717, 1.165) is 13.6 Å². The Morgan fingerprint density at radius 1 is 1.25 bits per heavy atom. The highest BCUT2D eigenvalue weighted by Crippen LogP contribution is 2.23. The molecule has 3 amide bonds. The predicted octanol–water partition coefficient (Wildman–Crippen LogP) is 2.69. The van der Waals surface area contributed by atoms with Crippen molar-refractivity contribution in [3.8, 4) is 0 Å². The highest BCUT2D eigenvalue weighted by atomic mass is 79.9. The lowest BCUT2D eigenvalue weighted by Crippen LogP contribution is -2.47. The number of amides is 3. The van der Waals surface area contributed by atoms with E-state index in [9.17, 15) is 14.4 Å². The highest BCUT2D eigenvalue weighted by molar-refractivity contribution is 9.11. The Kier molecular flexibility index (Phi) is 4.82. The maximum atomic E-state index is 12.5. The van der Waals surface area contributed by atoms with E-state index in [4.69, 9.17) is 0 Å². The van der Waals surface area contributed by atoms with Crippen molar-refractivity contribution >= 4 is 45.0 Å². The Hall–Kier alpha value is -1.99. The molecule has 1 aromatic carbocycles. The number of thiophene rings is 1. The van der Waals surface area contributed by atoms with Crippen LogP contribution < -0.4 is 0 Å². The summed E-state index contributed by atoms with van der Waals surface area (Å²) in [4.78, 5) is 40.7. The lowest BCUT2D eigenvalue weighted by Gasteiger charge is -2.28. The van der Waals surface area contributed by atoms with Gasteiger partial charge in [-0.3, -0.25) is 19.3 Å². The van der Waals surface area contributed by atoms with Crippen LogP contribution in [0.4, 0.5) is 0 Å². The summed E-state index contributed by atoms with van der Waals surface area (Å²) in [5, 5.41) is 0. The third-order valence-corrected chi connectivity index (χ3v) is 5.49. The number of fused-ring (bicyclic) bond motifs is 1. The number of likely N-dealkylation sites (N-methyl/N-ethyl adjacent to an activating group) is 1. The van der Waals surface area contributed by atoms with Crippen molar-refractivity contribution in [2.75, 3.05) is 13.6 Å². The summed E-state index contributed by atoms with van der Waals surface area (Å²) in [6, 6.07) is 10.9. The van der Waals surface area contributed by atoms with Crippen LogP contribution in [0.5, 0.6) is 0 Å². The summed E-state index contributed by atoms with van der Waals surface area (Å²) in [6.07, 6.45) is 0.150. The smallest absolute Gasteiger partial charge is 0.261 e. The molecule has 0 aliphatic carbocycles.